The third-order valence-corrected chi connectivity index (χ3v) is 2.81. The Labute approximate surface area is 103 Å². The molecule has 0 fully saturated rings. The van der Waals surface area contributed by atoms with E-state index in [2.05, 4.69) is 6.92 Å². The van der Waals surface area contributed by atoms with Gasteiger partial charge in [0, 0.05) is 5.88 Å². The molecule has 0 saturated heterocycles. The highest BCUT2D eigenvalue weighted by molar-refractivity contribution is 6.18. The van der Waals surface area contributed by atoms with Crippen molar-refractivity contribution in [1.29, 1.82) is 0 Å². The van der Waals surface area contributed by atoms with Crippen molar-refractivity contribution in [2.24, 2.45) is 5.92 Å². The lowest BCUT2D eigenvalue weighted by molar-refractivity contribution is 0.262. The summed E-state index contributed by atoms with van der Waals surface area (Å²) in [7, 11) is 0. The van der Waals surface area contributed by atoms with E-state index in [4.69, 9.17) is 21.1 Å². The Morgan fingerprint density at radius 2 is 1.81 bits per heavy atom. The van der Waals surface area contributed by atoms with E-state index in [1.807, 2.05) is 31.2 Å². The molecule has 0 bridgehead atoms. The fourth-order valence-corrected chi connectivity index (χ4v) is 1.45. The second-order valence-corrected chi connectivity index (χ2v) is 4.08. The van der Waals surface area contributed by atoms with Crippen LogP contribution >= 0.6 is 11.6 Å². The largest absolute Gasteiger partial charge is 0.490 e. The number of ether oxygens (including phenoxy) is 2. The molecule has 0 N–H and O–H groups in total. The zero-order valence-corrected chi connectivity index (χ0v) is 10.7. The molecule has 0 aliphatic carbocycles. The molecule has 16 heavy (non-hydrogen) atoms. The number of benzene rings is 1. The maximum Gasteiger partial charge on any atom is 0.161 e. The molecule has 0 saturated carbocycles. The Morgan fingerprint density at radius 1 is 1.19 bits per heavy atom. The first-order valence-electron chi connectivity index (χ1n) is 5.68. The highest BCUT2D eigenvalue weighted by Gasteiger charge is 2.04. The average molecular weight is 243 g/mol. The van der Waals surface area contributed by atoms with Crippen molar-refractivity contribution < 1.29 is 9.47 Å². The van der Waals surface area contributed by atoms with Crippen molar-refractivity contribution in [2.45, 2.75) is 20.3 Å². The second kappa shape index (κ2) is 7.39. The lowest BCUT2D eigenvalue weighted by Crippen LogP contribution is -2.06. The van der Waals surface area contributed by atoms with Crippen LogP contribution in [0.1, 0.15) is 20.3 Å². The van der Waals surface area contributed by atoms with E-state index in [1.54, 1.807) is 0 Å². The van der Waals surface area contributed by atoms with Crippen LogP contribution in [-0.4, -0.2) is 19.1 Å². The molecular formula is C13H19ClO2. The van der Waals surface area contributed by atoms with E-state index in [-0.39, 0.29) is 0 Å². The van der Waals surface area contributed by atoms with Crippen LogP contribution in [0, 0.1) is 5.92 Å². The van der Waals surface area contributed by atoms with Crippen molar-refractivity contribution in [3.05, 3.63) is 24.3 Å². The summed E-state index contributed by atoms with van der Waals surface area (Å²) in [6, 6.07) is 7.74. The van der Waals surface area contributed by atoms with Gasteiger partial charge in [0.15, 0.2) is 11.5 Å². The third-order valence-electron chi connectivity index (χ3n) is 2.28. The first kappa shape index (κ1) is 13.2. The van der Waals surface area contributed by atoms with Crippen molar-refractivity contribution >= 4 is 11.6 Å². The molecule has 2 nitrogen and oxygen atoms in total. The number of para-hydroxylation sites is 2. The maximum atomic E-state index is 5.73. The van der Waals surface area contributed by atoms with Crippen LogP contribution in [0.2, 0.25) is 0 Å². The first-order valence-corrected chi connectivity index (χ1v) is 6.22. The summed E-state index contributed by atoms with van der Waals surface area (Å²) in [5.41, 5.74) is 0. The van der Waals surface area contributed by atoms with Crippen molar-refractivity contribution in [2.75, 3.05) is 19.1 Å². The molecule has 0 radical (unpaired) electrons. The number of rotatable bonds is 7. The van der Waals surface area contributed by atoms with Crippen LogP contribution in [0.15, 0.2) is 24.3 Å². The molecule has 0 aromatic heterocycles. The minimum atomic E-state index is 0.487. The van der Waals surface area contributed by atoms with Gasteiger partial charge in [-0.2, -0.15) is 0 Å². The summed E-state index contributed by atoms with van der Waals surface area (Å²) in [5, 5.41) is 0. The lowest BCUT2D eigenvalue weighted by Gasteiger charge is -2.12. The highest BCUT2D eigenvalue weighted by atomic mass is 35.5. The standard InChI is InChI=1S/C13H19ClO2/c1-3-15-12-6-4-5-7-13(12)16-9-8-11(2)10-14/h4-7,11H,3,8-10H2,1-2H3. The molecule has 1 unspecified atom stereocenters. The fraction of sp³-hybridized carbons (Fsp3) is 0.538. The SMILES string of the molecule is CCOc1ccccc1OCCC(C)CCl. The molecule has 0 aliphatic heterocycles. The smallest absolute Gasteiger partial charge is 0.161 e. The molecule has 1 rings (SSSR count). The van der Waals surface area contributed by atoms with E-state index < -0.39 is 0 Å². The summed E-state index contributed by atoms with van der Waals surface area (Å²) in [5.74, 6) is 2.78. The Bertz CT molecular complexity index is 302. The van der Waals surface area contributed by atoms with E-state index in [9.17, 15) is 0 Å². The fourth-order valence-electron chi connectivity index (χ4n) is 1.29. The van der Waals surface area contributed by atoms with Crippen LogP contribution in [-0.2, 0) is 0 Å². The molecule has 3 heteroatoms. The Morgan fingerprint density at radius 3 is 2.38 bits per heavy atom. The van der Waals surface area contributed by atoms with E-state index in [0.29, 0.717) is 25.0 Å². The van der Waals surface area contributed by atoms with E-state index in [1.165, 1.54) is 0 Å². The van der Waals surface area contributed by atoms with Crippen LogP contribution < -0.4 is 9.47 Å². The zero-order valence-electron chi connectivity index (χ0n) is 9.91. The molecule has 1 atom stereocenters. The Balaban J connectivity index is 2.46. The van der Waals surface area contributed by atoms with E-state index >= 15 is 0 Å². The molecule has 1 aromatic carbocycles. The van der Waals surface area contributed by atoms with Gasteiger partial charge in [-0.05, 0) is 31.4 Å². The zero-order chi connectivity index (χ0) is 11.8. The van der Waals surface area contributed by atoms with Crippen LogP contribution in [0.3, 0.4) is 0 Å². The van der Waals surface area contributed by atoms with E-state index in [0.717, 1.165) is 17.9 Å². The van der Waals surface area contributed by atoms with Gasteiger partial charge in [0.05, 0.1) is 13.2 Å². The molecule has 0 heterocycles. The number of halogens is 1. The molecule has 90 valence electrons. The molecule has 0 amide bonds. The second-order valence-electron chi connectivity index (χ2n) is 3.78. The average Bonchev–Trinajstić information content (AvgIpc) is 2.31. The van der Waals surface area contributed by atoms with Gasteiger partial charge in [-0.3, -0.25) is 0 Å². The number of alkyl halides is 1. The van der Waals surface area contributed by atoms with Gasteiger partial charge in [0.1, 0.15) is 0 Å². The van der Waals surface area contributed by atoms with Gasteiger partial charge < -0.3 is 9.47 Å². The van der Waals surface area contributed by atoms with Gasteiger partial charge >= 0.3 is 0 Å². The van der Waals surface area contributed by atoms with Crippen molar-refractivity contribution in [3.8, 4) is 11.5 Å². The lowest BCUT2D eigenvalue weighted by atomic mass is 10.1. The van der Waals surface area contributed by atoms with Crippen LogP contribution in [0.25, 0.3) is 0 Å². The maximum absolute atomic E-state index is 5.73. The quantitative estimate of drug-likeness (QED) is 0.679. The van der Waals surface area contributed by atoms with Gasteiger partial charge in [-0.1, -0.05) is 19.1 Å². The summed E-state index contributed by atoms with van der Waals surface area (Å²) < 4.78 is 11.1. The monoisotopic (exact) mass is 242 g/mol. The minimum Gasteiger partial charge on any atom is -0.490 e. The van der Waals surface area contributed by atoms with Gasteiger partial charge in [-0.25, -0.2) is 0 Å². The molecule has 0 spiro atoms. The van der Waals surface area contributed by atoms with Crippen molar-refractivity contribution in [1.82, 2.24) is 0 Å². The van der Waals surface area contributed by atoms with Gasteiger partial charge in [0.25, 0.3) is 0 Å². The molecule has 1 aromatic rings. The predicted octanol–water partition coefficient (Wildman–Crippen LogP) is 3.73. The summed E-state index contributed by atoms with van der Waals surface area (Å²) in [6.45, 7) is 5.41. The minimum absolute atomic E-state index is 0.487. The van der Waals surface area contributed by atoms with Crippen molar-refractivity contribution in [3.63, 3.8) is 0 Å². The number of hydrogen-bond acceptors (Lipinski definition) is 2. The number of hydrogen-bond donors (Lipinski definition) is 0. The third kappa shape index (κ3) is 4.31. The highest BCUT2D eigenvalue weighted by Crippen LogP contribution is 2.26. The Kier molecular flexibility index (Phi) is 6.09. The summed E-state index contributed by atoms with van der Waals surface area (Å²) in [6.07, 6.45) is 0.962. The van der Waals surface area contributed by atoms with Gasteiger partial charge in [0.2, 0.25) is 0 Å². The first-order chi connectivity index (χ1) is 7.77. The van der Waals surface area contributed by atoms with Crippen LogP contribution in [0.5, 0.6) is 11.5 Å². The summed E-state index contributed by atoms with van der Waals surface area (Å²) >= 11 is 5.73. The summed E-state index contributed by atoms with van der Waals surface area (Å²) in [4.78, 5) is 0. The Hall–Kier alpha value is -0.890. The predicted molar refractivity (Wildman–Crippen MR) is 67.6 cm³/mol. The van der Waals surface area contributed by atoms with Gasteiger partial charge in [-0.15, -0.1) is 11.6 Å². The van der Waals surface area contributed by atoms with Crippen LogP contribution in [0.4, 0.5) is 0 Å². The molecular weight excluding hydrogens is 224 g/mol. The normalized spacial score (nSPS) is 12.2. The molecule has 0 aliphatic rings. The topological polar surface area (TPSA) is 18.5 Å².